The van der Waals surface area contributed by atoms with E-state index in [1.165, 1.54) is 17.8 Å². The lowest BCUT2D eigenvalue weighted by molar-refractivity contribution is -0.130. The van der Waals surface area contributed by atoms with Crippen molar-refractivity contribution in [3.8, 4) is 11.5 Å². The maximum atomic E-state index is 13.4. The molecule has 144 valence electrons. The van der Waals surface area contributed by atoms with Crippen molar-refractivity contribution in [2.24, 2.45) is 0 Å². The number of amides is 1. The third-order valence-electron chi connectivity index (χ3n) is 5.04. The molecule has 0 aliphatic carbocycles. The lowest BCUT2D eigenvalue weighted by Gasteiger charge is -2.36. The highest BCUT2D eigenvalue weighted by atomic mass is 19.1. The first kappa shape index (κ1) is 18.2. The molecule has 0 atom stereocenters. The van der Waals surface area contributed by atoms with E-state index < -0.39 is 0 Å². The Kier molecular flexibility index (Phi) is 5.10. The topological polar surface area (TPSA) is 49.6 Å². The molecule has 1 aliphatic rings. The monoisotopic (exact) mass is 379 g/mol. The largest absolute Gasteiger partial charge is 0.441 e. The van der Waals surface area contributed by atoms with Crippen molar-refractivity contribution in [1.82, 2.24) is 9.88 Å². The molecule has 1 amide bonds. The zero-order chi connectivity index (χ0) is 19.5. The van der Waals surface area contributed by atoms with Gasteiger partial charge in [-0.25, -0.2) is 9.37 Å². The van der Waals surface area contributed by atoms with Gasteiger partial charge in [0.1, 0.15) is 11.6 Å². The van der Waals surface area contributed by atoms with E-state index in [-0.39, 0.29) is 18.1 Å². The average molecular weight is 379 g/mol. The molecule has 0 radical (unpaired) electrons. The summed E-state index contributed by atoms with van der Waals surface area (Å²) in [7, 11) is 0. The Morgan fingerprint density at radius 2 is 1.82 bits per heavy atom. The highest BCUT2D eigenvalue weighted by Gasteiger charge is 2.23. The molecule has 1 fully saturated rings. The number of rotatable bonds is 4. The second-order valence-electron chi connectivity index (χ2n) is 6.91. The zero-order valence-electron chi connectivity index (χ0n) is 15.8. The number of benzene rings is 2. The summed E-state index contributed by atoms with van der Waals surface area (Å²) >= 11 is 0. The van der Waals surface area contributed by atoms with Crippen LogP contribution >= 0.6 is 0 Å². The fraction of sp³-hybridized carbons (Fsp3) is 0.273. The molecule has 6 heteroatoms. The van der Waals surface area contributed by atoms with Crippen LogP contribution in [0.4, 0.5) is 10.1 Å². The fourth-order valence-corrected chi connectivity index (χ4v) is 3.44. The fourth-order valence-electron chi connectivity index (χ4n) is 3.44. The minimum atomic E-state index is -0.345. The van der Waals surface area contributed by atoms with Crippen LogP contribution in [0.25, 0.3) is 11.5 Å². The van der Waals surface area contributed by atoms with Crippen molar-refractivity contribution in [3.63, 3.8) is 0 Å². The minimum Gasteiger partial charge on any atom is -0.441 e. The summed E-state index contributed by atoms with van der Waals surface area (Å²) in [4.78, 5) is 21.3. The number of aryl methyl sites for hydroxylation is 1. The van der Waals surface area contributed by atoms with Gasteiger partial charge in [0.15, 0.2) is 0 Å². The van der Waals surface area contributed by atoms with Gasteiger partial charge in [-0.1, -0.05) is 24.3 Å². The van der Waals surface area contributed by atoms with Crippen molar-refractivity contribution in [2.45, 2.75) is 13.3 Å². The van der Waals surface area contributed by atoms with Crippen LogP contribution in [0.1, 0.15) is 11.5 Å². The van der Waals surface area contributed by atoms with Gasteiger partial charge in [-0.3, -0.25) is 4.79 Å². The zero-order valence-corrected chi connectivity index (χ0v) is 15.8. The summed E-state index contributed by atoms with van der Waals surface area (Å²) in [6.07, 6.45) is 0.190. The molecule has 2 aromatic carbocycles. The van der Waals surface area contributed by atoms with E-state index in [9.17, 15) is 9.18 Å². The number of carbonyl (C=O) groups is 1. The Hall–Kier alpha value is -3.15. The van der Waals surface area contributed by atoms with Crippen molar-refractivity contribution in [3.05, 3.63) is 71.9 Å². The first-order valence-electron chi connectivity index (χ1n) is 9.40. The summed E-state index contributed by atoms with van der Waals surface area (Å²) in [6, 6.07) is 16.3. The predicted molar refractivity (Wildman–Crippen MR) is 106 cm³/mol. The van der Waals surface area contributed by atoms with E-state index in [1.54, 1.807) is 19.1 Å². The van der Waals surface area contributed by atoms with Gasteiger partial charge in [0, 0.05) is 37.4 Å². The van der Waals surface area contributed by atoms with Gasteiger partial charge in [-0.05, 0) is 37.3 Å². The van der Waals surface area contributed by atoms with Crippen LogP contribution in [-0.2, 0) is 11.2 Å². The Labute approximate surface area is 163 Å². The lowest BCUT2D eigenvalue weighted by atomic mass is 10.2. The molecule has 3 aromatic rings. The molecule has 1 saturated heterocycles. The molecular formula is C22H22FN3O2. The standard InChI is InChI=1S/C22H22FN3O2/c1-16-20(24-22(28-16)17-6-5-7-18(23)14-17)15-21(27)26-12-10-25(11-13-26)19-8-3-2-4-9-19/h2-9,14H,10-13,15H2,1H3. The molecular weight excluding hydrogens is 357 g/mol. The van der Waals surface area contributed by atoms with E-state index in [1.807, 2.05) is 23.1 Å². The van der Waals surface area contributed by atoms with Crippen molar-refractivity contribution < 1.29 is 13.6 Å². The highest BCUT2D eigenvalue weighted by Crippen LogP contribution is 2.23. The Morgan fingerprint density at radius 1 is 1.07 bits per heavy atom. The normalized spacial score (nSPS) is 14.4. The molecule has 4 rings (SSSR count). The molecule has 1 aromatic heterocycles. The third kappa shape index (κ3) is 3.91. The van der Waals surface area contributed by atoms with E-state index in [2.05, 4.69) is 22.0 Å². The van der Waals surface area contributed by atoms with Crippen molar-refractivity contribution in [1.29, 1.82) is 0 Å². The van der Waals surface area contributed by atoms with Gasteiger partial charge in [-0.2, -0.15) is 0 Å². The van der Waals surface area contributed by atoms with Crippen LogP contribution < -0.4 is 4.90 Å². The molecule has 28 heavy (non-hydrogen) atoms. The number of anilines is 1. The SMILES string of the molecule is Cc1oc(-c2cccc(F)c2)nc1CC(=O)N1CCN(c2ccccc2)CC1. The number of para-hydroxylation sites is 1. The summed E-state index contributed by atoms with van der Waals surface area (Å²) in [5.41, 5.74) is 2.36. The van der Waals surface area contributed by atoms with Crippen LogP contribution in [0.5, 0.6) is 0 Å². The number of oxazole rings is 1. The quantitative estimate of drug-likeness (QED) is 0.694. The number of nitrogens with zero attached hydrogens (tertiary/aromatic N) is 3. The number of piperazine rings is 1. The molecule has 0 unspecified atom stereocenters. The molecule has 0 bridgehead atoms. The number of halogens is 1. The summed E-state index contributed by atoms with van der Waals surface area (Å²) in [5.74, 6) is 0.626. The summed E-state index contributed by atoms with van der Waals surface area (Å²) in [6.45, 7) is 4.76. The first-order valence-corrected chi connectivity index (χ1v) is 9.40. The molecule has 1 aliphatic heterocycles. The first-order chi connectivity index (χ1) is 13.6. The van der Waals surface area contributed by atoms with E-state index in [0.29, 0.717) is 36.0 Å². The highest BCUT2D eigenvalue weighted by molar-refractivity contribution is 5.79. The summed E-state index contributed by atoms with van der Waals surface area (Å²) in [5, 5.41) is 0. The molecule has 0 N–H and O–H groups in total. The van der Waals surface area contributed by atoms with E-state index in [4.69, 9.17) is 4.42 Å². The predicted octanol–water partition coefficient (Wildman–Crippen LogP) is 3.68. The summed E-state index contributed by atoms with van der Waals surface area (Å²) < 4.78 is 19.1. The number of carbonyl (C=O) groups excluding carboxylic acids is 1. The lowest BCUT2D eigenvalue weighted by Crippen LogP contribution is -2.49. The third-order valence-corrected chi connectivity index (χ3v) is 5.04. The van der Waals surface area contributed by atoms with Crippen LogP contribution in [0.2, 0.25) is 0 Å². The van der Waals surface area contributed by atoms with Crippen molar-refractivity contribution >= 4 is 11.6 Å². The van der Waals surface area contributed by atoms with Gasteiger partial charge in [0.05, 0.1) is 12.1 Å². The second kappa shape index (κ2) is 7.84. The minimum absolute atomic E-state index is 0.0369. The Bertz CT molecular complexity index is 963. The molecule has 0 spiro atoms. The van der Waals surface area contributed by atoms with Gasteiger partial charge in [0.2, 0.25) is 11.8 Å². The van der Waals surface area contributed by atoms with Crippen LogP contribution in [0.15, 0.2) is 59.0 Å². The average Bonchev–Trinajstić information content (AvgIpc) is 3.09. The van der Waals surface area contributed by atoms with Crippen molar-refractivity contribution in [2.75, 3.05) is 31.1 Å². The van der Waals surface area contributed by atoms with Crippen LogP contribution in [0.3, 0.4) is 0 Å². The van der Waals surface area contributed by atoms with Crippen LogP contribution in [0, 0.1) is 12.7 Å². The van der Waals surface area contributed by atoms with E-state index >= 15 is 0 Å². The molecule has 2 heterocycles. The van der Waals surface area contributed by atoms with Gasteiger partial charge >= 0.3 is 0 Å². The number of aromatic nitrogens is 1. The number of hydrogen-bond donors (Lipinski definition) is 0. The maximum Gasteiger partial charge on any atom is 0.228 e. The Morgan fingerprint density at radius 3 is 2.54 bits per heavy atom. The Balaban J connectivity index is 1.39. The van der Waals surface area contributed by atoms with E-state index in [0.717, 1.165) is 13.1 Å². The maximum absolute atomic E-state index is 13.4. The molecule has 0 saturated carbocycles. The van der Waals surface area contributed by atoms with Gasteiger partial charge in [-0.15, -0.1) is 0 Å². The van der Waals surface area contributed by atoms with Gasteiger partial charge in [0.25, 0.3) is 0 Å². The molecule has 5 nitrogen and oxygen atoms in total. The van der Waals surface area contributed by atoms with Crippen LogP contribution in [-0.4, -0.2) is 42.0 Å². The number of hydrogen-bond acceptors (Lipinski definition) is 4. The smallest absolute Gasteiger partial charge is 0.228 e. The van der Waals surface area contributed by atoms with Gasteiger partial charge < -0.3 is 14.2 Å². The second-order valence-corrected chi connectivity index (χ2v) is 6.91.